The van der Waals surface area contributed by atoms with Gasteiger partial charge in [0, 0.05) is 34.4 Å². The quantitative estimate of drug-likeness (QED) is 0.0384. The fourth-order valence-corrected chi connectivity index (χ4v) is 32.2. The molecular formula is C9H23B24I20N3O3. The topological polar surface area (TPSA) is 55.0 Å². The maximum absolute atomic E-state index is 5.65. The Morgan fingerprint density at radius 1 is 0.373 bits per heavy atom. The highest BCUT2D eigenvalue weighted by Gasteiger charge is 2.54. The number of methoxy groups -OCH3 is 3. The number of nitrogens with one attached hydrogen (secondary N) is 2. The van der Waals surface area contributed by atoms with Crippen LogP contribution in [-0.4, -0.2) is 182 Å². The van der Waals surface area contributed by atoms with Crippen LogP contribution in [0, 0.1) is 0 Å². The lowest BCUT2D eigenvalue weighted by Gasteiger charge is -2.31. The number of nitrogens with zero attached hydrogens (tertiary/aromatic N) is 1. The smallest absolute Gasteiger partial charge is 0.174 e. The van der Waals surface area contributed by atoms with Gasteiger partial charge in [0.15, 0.2) is 116 Å². The molecule has 0 aromatic carbocycles. The van der Waals surface area contributed by atoms with Gasteiger partial charge >= 0.3 is 0 Å². The summed E-state index contributed by atoms with van der Waals surface area (Å²) in [5, 5.41) is 12.5. The van der Waals surface area contributed by atoms with Crippen LogP contribution in [-0.2, 0) is 14.2 Å². The molecule has 0 heterocycles. The number of hydrogen-bond donors (Lipinski definition) is 2. The van der Waals surface area contributed by atoms with Crippen LogP contribution < -0.4 is 10.5 Å². The Labute approximate surface area is 636 Å². The van der Waals surface area contributed by atoms with Crippen LogP contribution in [0.4, 0.5) is 0 Å². The SMILES string of the molecule is COCCNB(B(I)B(I)B(I)B(I)[B]I)B(I)B(I)B(I)B(I)B(I)[B]N([B]B(I)B(I)B(I)B(I)B(I)B(NCCOC)B(I)B(I)B(I)B(I)[B]I)CCOC. The highest BCUT2D eigenvalue weighted by Crippen LogP contribution is 2.30. The summed E-state index contributed by atoms with van der Waals surface area (Å²) in [4.78, 5) is 0. The van der Waals surface area contributed by atoms with Crippen LogP contribution in [0.2, 0.25) is 0 Å². The first-order valence-electron chi connectivity index (χ1n) is 17.4. The molecule has 0 saturated carbocycles. The zero-order chi connectivity index (χ0) is 45.7. The normalized spacial score (nSPS) is 10.5. The van der Waals surface area contributed by atoms with Crippen molar-refractivity contribution in [2.75, 3.05) is 60.8 Å². The van der Waals surface area contributed by atoms with E-state index in [4.69, 9.17) is 14.2 Å². The van der Waals surface area contributed by atoms with Gasteiger partial charge in [0.1, 0.15) is 0 Å². The molecule has 50 heteroatoms. The Kier molecular flexibility index (Phi) is 56.6. The van der Waals surface area contributed by atoms with Gasteiger partial charge in [0.25, 0.3) is 0 Å². The van der Waals surface area contributed by atoms with Gasteiger partial charge < -0.3 is 29.4 Å². The largest absolute Gasteiger partial charge is 0.403 e. The maximum Gasteiger partial charge on any atom is 0.174 e. The zero-order valence-corrected chi connectivity index (χ0v) is 74.5. The Hall–Kier alpha value is 15.9. The Morgan fingerprint density at radius 2 is 0.627 bits per heavy atom. The van der Waals surface area contributed by atoms with E-state index in [9.17, 15) is 0 Å². The summed E-state index contributed by atoms with van der Waals surface area (Å²) in [6, 6.07) is 0. The van der Waals surface area contributed by atoms with Crippen LogP contribution >= 0.6 is 447 Å². The maximum atomic E-state index is 5.65. The predicted octanol–water partition coefficient (Wildman–Crippen LogP) is 7.81. The second-order valence-corrected chi connectivity index (χ2v) is 40.1. The molecule has 0 aliphatic carbocycles. The third kappa shape index (κ3) is 29.5. The fourth-order valence-electron chi connectivity index (χ4n) is 5.07. The zero-order valence-electron chi connectivity index (χ0n) is 31.3. The standard InChI is InChI=1S/C9H23B24I20N3O3/c1-57-7-4-54-32(28(50)24(46)18(40)14(36)10-34)30(52)26(48)22(44)20(42)16(38)12-56(6-9-59-3)13-17(39)21(43)23(45)27(49)31(53)33(55-5-8-58-2)29(51)25(47)19(41)15(37)11-35/h54-55H,4-9H2,1-3H3. The molecule has 0 bridgehead atoms. The molecule has 0 unspecified atom stereocenters. The molecule has 0 rings (SSSR count). The molecule has 4 radical (unpaired) electrons. The number of hydrogen-bond acceptors (Lipinski definition) is 6. The molecule has 0 amide bonds. The van der Waals surface area contributed by atoms with E-state index in [2.05, 4.69) is 487 Å². The molecule has 0 atom stereocenters. The third-order valence-electron chi connectivity index (χ3n) is 8.47. The Bertz CT molecular complexity index is 1020. The van der Waals surface area contributed by atoms with E-state index in [1.54, 1.807) is 14.2 Å². The van der Waals surface area contributed by atoms with Gasteiger partial charge in [-0.05, 0) is 6.54 Å². The first-order valence-corrected chi connectivity index (χ1v) is 42.3. The second-order valence-electron chi connectivity index (χ2n) is 12.7. The van der Waals surface area contributed by atoms with Gasteiger partial charge in [-0.25, -0.2) is 0 Å². The summed E-state index contributed by atoms with van der Waals surface area (Å²) >= 11 is 53.7. The van der Waals surface area contributed by atoms with E-state index in [0.717, 1.165) is 32.8 Å². The average Bonchev–Trinajstić information content (AvgIpc) is 3.23. The van der Waals surface area contributed by atoms with Crippen LogP contribution in [0.25, 0.3) is 0 Å². The summed E-state index contributed by atoms with van der Waals surface area (Å²) in [5.74, 6) is 0. The summed E-state index contributed by atoms with van der Waals surface area (Å²) in [6.07, 6.45) is 0. The molecule has 0 aliphatic heterocycles. The van der Waals surface area contributed by atoms with E-state index in [-0.39, 0.29) is 0 Å². The first kappa shape index (κ1) is 74.9. The van der Waals surface area contributed by atoms with E-state index in [1.807, 2.05) is 7.11 Å². The monoisotopic (exact) mass is 3020 g/mol. The van der Waals surface area contributed by atoms with E-state index in [0.29, 0.717) is 98.2 Å². The Balaban J connectivity index is 6.02. The van der Waals surface area contributed by atoms with Crippen molar-refractivity contribution in [2.45, 2.75) is 0 Å². The molecule has 0 fully saturated rings. The molecule has 2 N–H and O–H groups in total. The highest BCUT2D eigenvalue weighted by atomic mass is 127. The molecular weight excluding hydrogens is 3000 g/mol. The summed E-state index contributed by atoms with van der Waals surface area (Å²) in [7, 11) is 10.3. The molecule has 59 heavy (non-hydrogen) atoms. The van der Waals surface area contributed by atoms with Gasteiger partial charge in [0.05, 0.1) is 19.8 Å². The van der Waals surface area contributed by atoms with Crippen molar-refractivity contribution in [3.63, 3.8) is 0 Å². The average molecular weight is 3020 g/mol. The molecule has 0 aromatic rings. The molecule has 304 valence electrons. The molecule has 0 saturated heterocycles. The summed E-state index contributed by atoms with van der Waals surface area (Å²) < 4.78 is 27.6. The van der Waals surface area contributed by atoms with Gasteiger partial charge in [-0.1, -0.05) is 0 Å². The van der Waals surface area contributed by atoms with E-state index < -0.39 is 0 Å². The van der Waals surface area contributed by atoms with Crippen molar-refractivity contribution in [2.24, 2.45) is 0 Å². The third-order valence-corrected chi connectivity index (χ3v) is 58.2. The van der Waals surface area contributed by atoms with E-state index in [1.165, 1.54) is 0 Å². The minimum absolute atomic E-state index is 0.353. The van der Waals surface area contributed by atoms with Crippen LogP contribution in [0.1, 0.15) is 0 Å². The predicted molar refractivity (Wildman–Crippen MR) is 477 cm³/mol. The summed E-state index contributed by atoms with van der Waals surface area (Å²) in [5.41, 5.74) is 0. The van der Waals surface area contributed by atoms with Crippen molar-refractivity contribution in [1.29, 1.82) is 0 Å². The van der Waals surface area contributed by atoms with Crippen molar-refractivity contribution in [3.05, 3.63) is 0 Å². The molecule has 0 spiro atoms. The minimum Gasteiger partial charge on any atom is -0.403 e. The number of halogens is 20. The van der Waals surface area contributed by atoms with Crippen LogP contribution in [0.15, 0.2) is 0 Å². The van der Waals surface area contributed by atoms with Gasteiger partial charge in [-0.2, -0.15) is 447 Å². The Morgan fingerprint density at radius 3 is 0.898 bits per heavy atom. The van der Waals surface area contributed by atoms with Crippen molar-refractivity contribution in [3.8, 4) is 0 Å². The first-order chi connectivity index (χ1) is 27.6. The fraction of sp³-hybridized carbons (Fsp3) is 1.00. The lowest BCUT2D eigenvalue weighted by atomic mass is 8.82. The lowest BCUT2D eigenvalue weighted by molar-refractivity contribution is 0.194. The van der Waals surface area contributed by atoms with Gasteiger partial charge in [-0.3, -0.25) is 0 Å². The van der Waals surface area contributed by atoms with Crippen molar-refractivity contribution >= 4 is 564 Å². The lowest BCUT2D eigenvalue weighted by Crippen LogP contribution is -2.69. The van der Waals surface area contributed by atoms with Crippen molar-refractivity contribution < 1.29 is 14.2 Å². The van der Waals surface area contributed by atoms with Crippen LogP contribution in [0.5, 0.6) is 0 Å². The molecule has 0 aliphatic rings. The van der Waals surface area contributed by atoms with E-state index >= 15 is 0 Å². The summed E-state index contributed by atoms with van der Waals surface area (Å²) in [6.45, 7) is 5.44. The second kappa shape index (κ2) is 44.6. The molecule has 0 aromatic heterocycles. The minimum atomic E-state index is 0.353. The number of ether oxygens (including phenoxy) is 3. The molecule has 6 nitrogen and oxygen atoms in total. The van der Waals surface area contributed by atoms with Gasteiger partial charge in [0.2, 0.25) is 0 Å². The van der Waals surface area contributed by atoms with Crippen molar-refractivity contribution in [1.82, 2.24) is 15.2 Å². The van der Waals surface area contributed by atoms with Gasteiger partial charge in [-0.15, -0.1) is 0 Å². The highest BCUT2D eigenvalue weighted by molar-refractivity contribution is 14.2. The number of rotatable bonds is 35. The van der Waals surface area contributed by atoms with Crippen LogP contribution in [0.3, 0.4) is 0 Å².